The second kappa shape index (κ2) is 3.93. The van der Waals surface area contributed by atoms with Crippen molar-refractivity contribution in [2.24, 2.45) is 0 Å². The van der Waals surface area contributed by atoms with Crippen LogP contribution in [0.5, 0.6) is 5.75 Å². The molecule has 5 nitrogen and oxygen atoms in total. The number of carboxylic acid groups (broad SMARTS) is 1. The van der Waals surface area contributed by atoms with Crippen LogP contribution < -0.4 is 9.64 Å². The molecule has 1 aliphatic heterocycles. The molecular formula is C13H18N2O3. The first kappa shape index (κ1) is 11.4. The number of hydrogen-bond donors (Lipinski definition) is 2. The lowest BCUT2D eigenvalue weighted by atomic mass is 9.83. The second-order valence-electron chi connectivity index (χ2n) is 5.38. The minimum Gasteiger partial charge on any atom is -0.481 e. The Morgan fingerprint density at radius 3 is 2.83 bits per heavy atom. The third-order valence-corrected chi connectivity index (χ3v) is 4.05. The summed E-state index contributed by atoms with van der Waals surface area (Å²) in [6.07, 6.45) is 7.32. The maximum Gasteiger partial charge on any atom is 0.356 e. The van der Waals surface area contributed by atoms with Gasteiger partial charge in [0, 0.05) is 13.2 Å². The van der Waals surface area contributed by atoms with Crippen molar-refractivity contribution in [3.05, 3.63) is 11.9 Å². The van der Waals surface area contributed by atoms with Gasteiger partial charge in [-0.05, 0) is 25.7 Å². The SMILES string of the molecule is CN1CC2(CCCCC2)Oc2c1c[nH]c2C(=O)O. The van der Waals surface area contributed by atoms with Crippen molar-refractivity contribution in [3.8, 4) is 5.75 Å². The maximum atomic E-state index is 11.2. The van der Waals surface area contributed by atoms with Gasteiger partial charge in [-0.2, -0.15) is 0 Å². The Kier molecular flexibility index (Phi) is 2.50. The molecule has 0 bridgehead atoms. The zero-order chi connectivity index (χ0) is 12.8. The van der Waals surface area contributed by atoms with E-state index in [1.54, 1.807) is 6.20 Å². The monoisotopic (exact) mass is 250 g/mol. The molecule has 1 fully saturated rings. The molecule has 2 N–H and O–H groups in total. The number of ether oxygens (including phenoxy) is 1. The number of nitrogens with one attached hydrogen (secondary N) is 1. The minimum atomic E-state index is -0.961. The van der Waals surface area contributed by atoms with Crippen LogP contribution in [0.25, 0.3) is 0 Å². The van der Waals surface area contributed by atoms with Crippen LogP contribution in [0, 0.1) is 0 Å². The molecule has 0 radical (unpaired) electrons. The first-order valence-electron chi connectivity index (χ1n) is 6.46. The molecule has 0 aromatic carbocycles. The van der Waals surface area contributed by atoms with Gasteiger partial charge < -0.3 is 19.7 Å². The lowest BCUT2D eigenvalue weighted by molar-refractivity contribution is 0.0282. The van der Waals surface area contributed by atoms with Gasteiger partial charge in [0.05, 0.1) is 12.2 Å². The van der Waals surface area contributed by atoms with E-state index >= 15 is 0 Å². The van der Waals surface area contributed by atoms with Gasteiger partial charge in [0.2, 0.25) is 0 Å². The van der Waals surface area contributed by atoms with Gasteiger partial charge in [-0.25, -0.2) is 4.79 Å². The molecule has 0 unspecified atom stereocenters. The predicted octanol–water partition coefficient (Wildman–Crippen LogP) is 2.24. The van der Waals surface area contributed by atoms with Gasteiger partial charge in [-0.1, -0.05) is 6.42 Å². The minimum absolute atomic E-state index is 0.168. The average Bonchev–Trinajstić information content (AvgIpc) is 2.73. The zero-order valence-corrected chi connectivity index (χ0v) is 10.5. The van der Waals surface area contributed by atoms with E-state index in [4.69, 9.17) is 4.74 Å². The lowest BCUT2D eigenvalue weighted by Gasteiger charge is -2.44. The van der Waals surface area contributed by atoms with Gasteiger partial charge in [0.15, 0.2) is 11.4 Å². The van der Waals surface area contributed by atoms with E-state index in [9.17, 15) is 9.90 Å². The van der Waals surface area contributed by atoms with Crippen LogP contribution in [0.3, 0.4) is 0 Å². The van der Waals surface area contributed by atoms with Crippen LogP contribution in [-0.2, 0) is 0 Å². The van der Waals surface area contributed by atoms with Gasteiger partial charge in [-0.3, -0.25) is 0 Å². The van der Waals surface area contributed by atoms with Crippen molar-refractivity contribution in [1.29, 1.82) is 0 Å². The van der Waals surface area contributed by atoms with Crippen LogP contribution in [0.2, 0.25) is 0 Å². The summed E-state index contributed by atoms with van der Waals surface area (Å²) in [4.78, 5) is 16.1. The Morgan fingerprint density at radius 2 is 2.17 bits per heavy atom. The summed E-state index contributed by atoms with van der Waals surface area (Å²) in [5, 5.41) is 9.17. The van der Waals surface area contributed by atoms with Crippen molar-refractivity contribution in [3.63, 3.8) is 0 Å². The number of aromatic carboxylic acids is 1. The van der Waals surface area contributed by atoms with Gasteiger partial charge >= 0.3 is 5.97 Å². The fraction of sp³-hybridized carbons (Fsp3) is 0.615. The number of aromatic nitrogens is 1. The largest absolute Gasteiger partial charge is 0.481 e. The molecule has 5 heteroatoms. The molecule has 18 heavy (non-hydrogen) atoms. The van der Waals surface area contributed by atoms with E-state index in [0.717, 1.165) is 37.9 Å². The van der Waals surface area contributed by atoms with Gasteiger partial charge in [-0.15, -0.1) is 0 Å². The number of likely N-dealkylation sites (N-methyl/N-ethyl adjacent to an activating group) is 1. The topological polar surface area (TPSA) is 65.6 Å². The Bertz CT molecular complexity index is 475. The van der Waals surface area contributed by atoms with Gasteiger partial charge in [0.1, 0.15) is 5.60 Å². The molecule has 98 valence electrons. The Morgan fingerprint density at radius 1 is 1.44 bits per heavy atom. The number of hydrogen-bond acceptors (Lipinski definition) is 3. The fourth-order valence-electron chi connectivity index (χ4n) is 3.17. The second-order valence-corrected chi connectivity index (χ2v) is 5.38. The summed E-state index contributed by atoms with van der Waals surface area (Å²) in [5.41, 5.74) is 0.831. The fourth-order valence-corrected chi connectivity index (χ4v) is 3.17. The highest BCUT2D eigenvalue weighted by Gasteiger charge is 2.41. The molecule has 1 aromatic rings. The summed E-state index contributed by atoms with van der Waals surface area (Å²) in [6, 6.07) is 0. The third-order valence-electron chi connectivity index (χ3n) is 4.05. The van der Waals surface area contributed by atoms with Crippen molar-refractivity contribution in [1.82, 2.24) is 4.98 Å². The van der Waals surface area contributed by atoms with Crippen molar-refractivity contribution in [2.45, 2.75) is 37.7 Å². The molecule has 0 amide bonds. The molecule has 0 saturated heterocycles. The summed E-state index contributed by atoms with van der Waals surface area (Å²) < 4.78 is 6.11. The van der Waals surface area contributed by atoms with Crippen molar-refractivity contribution in [2.75, 3.05) is 18.5 Å². The standard InChI is InChI=1S/C13H18N2O3/c1-15-8-13(5-3-2-4-6-13)18-11-9(15)7-14-10(11)12(16)17/h7,14H,2-6,8H2,1H3,(H,16,17). The van der Waals surface area contributed by atoms with Crippen molar-refractivity contribution >= 4 is 11.7 Å². The molecule has 1 aliphatic carbocycles. The summed E-state index contributed by atoms with van der Waals surface area (Å²) in [6.45, 7) is 0.844. The molecule has 1 spiro atoms. The maximum absolute atomic E-state index is 11.2. The smallest absolute Gasteiger partial charge is 0.356 e. The number of carboxylic acids is 1. The summed E-state index contributed by atoms with van der Waals surface area (Å²) >= 11 is 0. The van der Waals surface area contributed by atoms with E-state index < -0.39 is 5.97 Å². The number of rotatable bonds is 1. The molecule has 3 rings (SSSR count). The van der Waals surface area contributed by atoms with E-state index in [-0.39, 0.29) is 11.3 Å². The molecule has 2 heterocycles. The lowest BCUT2D eigenvalue weighted by Crippen LogP contribution is -2.50. The van der Waals surface area contributed by atoms with Crippen LogP contribution in [0.15, 0.2) is 6.20 Å². The van der Waals surface area contributed by atoms with Crippen LogP contribution in [0.4, 0.5) is 5.69 Å². The summed E-state index contributed by atoms with van der Waals surface area (Å²) in [7, 11) is 2.00. The van der Waals surface area contributed by atoms with Crippen LogP contribution >= 0.6 is 0 Å². The molecular weight excluding hydrogens is 232 g/mol. The third kappa shape index (κ3) is 1.65. The normalized spacial score (nSPS) is 21.5. The number of anilines is 1. The first-order valence-corrected chi connectivity index (χ1v) is 6.46. The van der Waals surface area contributed by atoms with E-state index in [2.05, 4.69) is 9.88 Å². The number of H-pyrrole nitrogens is 1. The Labute approximate surface area is 106 Å². The van der Waals surface area contributed by atoms with Crippen LogP contribution in [-0.4, -0.2) is 35.3 Å². The molecule has 1 aromatic heterocycles. The first-order chi connectivity index (χ1) is 8.61. The number of carbonyl (C=O) groups is 1. The quantitative estimate of drug-likeness (QED) is 0.802. The molecule has 0 atom stereocenters. The number of aromatic amines is 1. The van der Waals surface area contributed by atoms with E-state index in [1.165, 1.54) is 6.42 Å². The summed E-state index contributed by atoms with van der Waals surface area (Å²) in [5.74, 6) is -0.448. The Balaban J connectivity index is 1.98. The molecule has 1 saturated carbocycles. The number of nitrogens with zero attached hydrogens (tertiary/aromatic N) is 1. The van der Waals surface area contributed by atoms with E-state index in [1.807, 2.05) is 7.05 Å². The van der Waals surface area contributed by atoms with Gasteiger partial charge in [0.25, 0.3) is 0 Å². The van der Waals surface area contributed by atoms with E-state index in [0.29, 0.717) is 5.75 Å². The highest BCUT2D eigenvalue weighted by atomic mass is 16.5. The highest BCUT2D eigenvalue weighted by Crippen LogP contribution is 2.44. The molecule has 2 aliphatic rings. The highest BCUT2D eigenvalue weighted by molar-refractivity contribution is 5.92. The zero-order valence-electron chi connectivity index (χ0n) is 10.5. The van der Waals surface area contributed by atoms with Crippen LogP contribution in [0.1, 0.15) is 42.6 Å². The Hall–Kier alpha value is -1.65. The van der Waals surface area contributed by atoms with Crippen molar-refractivity contribution < 1.29 is 14.6 Å². The predicted molar refractivity (Wildman–Crippen MR) is 67.5 cm³/mol. The average molecular weight is 250 g/mol. The number of fused-ring (bicyclic) bond motifs is 1.